The molecule has 224 valence electrons. The smallest absolute Gasteiger partial charge is 0.267 e. The van der Waals surface area contributed by atoms with Gasteiger partial charge in [0.1, 0.15) is 33.6 Å². The molecule has 1 aliphatic rings. The molecule has 0 unspecified atom stereocenters. The Morgan fingerprint density at radius 2 is 1.84 bits per heavy atom. The van der Waals surface area contributed by atoms with Crippen LogP contribution in [0, 0.1) is 11.6 Å². The molecule has 1 saturated heterocycles. The summed E-state index contributed by atoms with van der Waals surface area (Å²) in [6.45, 7) is 4.94. The highest BCUT2D eigenvalue weighted by Gasteiger charge is 2.23. The first kappa shape index (κ1) is 28.6. The zero-order valence-corrected chi connectivity index (χ0v) is 24.2. The Labute approximate surface area is 246 Å². The van der Waals surface area contributed by atoms with E-state index >= 15 is 0 Å². The van der Waals surface area contributed by atoms with Crippen LogP contribution in [0.5, 0.6) is 5.88 Å². The zero-order valence-electron chi connectivity index (χ0n) is 23.4. The van der Waals surface area contributed by atoms with Crippen molar-refractivity contribution in [3.8, 4) is 28.6 Å². The van der Waals surface area contributed by atoms with Gasteiger partial charge in [-0.1, -0.05) is 0 Å². The second-order valence-electron chi connectivity index (χ2n) is 10.2. The lowest BCUT2D eigenvalue weighted by Gasteiger charge is -2.31. The summed E-state index contributed by atoms with van der Waals surface area (Å²) in [5.74, 6) is -1.28. The van der Waals surface area contributed by atoms with Crippen LogP contribution in [0.3, 0.4) is 0 Å². The molecule has 1 N–H and O–H groups in total. The maximum Gasteiger partial charge on any atom is 0.267 e. The fourth-order valence-corrected chi connectivity index (χ4v) is 5.90. The van der Waals surface area contributed by atoms with E-state index in [4.69, 9.17) is 9.15 Å². The van der Waals surface area contributed by atoms with Crippen LogP contribution in [0.1, 0.15) is 5.89 Å². The van der Waals surface area contributed by atoms with Gasteiger partial charge in [-0.15, -0.1) is 10.2 Å². The molecule has 4 aromatic heterocycles. The van der Waals surface area contributed by atoms with Gasteiger partial charge in [0.05, 0.1) is 7.11 Å². The SMILES string of the molecule is COc1ncc(-c2ccc3nc(-c4nnc(CCN5CCN(C)CC5)o4)cn3c2)cc1NS(=O)(=O)c1ccc(F)cc1F. The van der Waals surface area contributed by atoms with Gasteiger partial charge in [0.15, 0.2) is 0 Å². The standard InChI is InChI=1S/C28H28F2N8O4S/c1-36-9-11-37(12-10-36)8-7-26-33-34-28(42-26)23-17-38-16-18(3-6-25(38)32-23)19-13-22(27(41-2)31-15-19)35-43(39,40)24-5-4-20(29)14-21(24)30/h3-6,13-17,35H,7-12H2,1-2H3. The number of piperazine rings is 1. The maximum absolute atomic E-state index is 14.2. The molecule has 15 heteroatoms. The number of ether oxygens (including phenoxy) is 1. The molecule has 0 bridgehead atoms. The van der Waals surface area contributed by atoms with Crippen molar-refractivity contribution < 1.29 is 26.4 Å². The minimum Gasteiger partial charge on any atom is -0.480 e. The van der Waals surface area contributed by atoms with Crippen molar-refractivity contribution in [2.24, 2.45) is 0 Å². The number of nitrogens with one attached hydrogen (secondary N) is 1. The summed E-state index contributed by atoms with van der Waals surface area (Å²) in [4.78, 5) is 12.8. The molecule has 0 aliphatic carbocycles. The van der Waals surface area contributed by atoms with Gasteiger partial charge in [0.25, 0.3) is 15.9 Å². The summed E-state index contributed by atoms with van der Waals surface area (Å²) < 4.78 is 68.6. The van der Waals surface area contributed by atoms with Crippen LogP contribution in [-0.2, 0) is 16.4 Å². The van der Waals surface area contributed by atoms with E-state index in [0.29, 0.717) is 46.7 Å². The Hall–Kier alpha value is -4.47. The van der Waals surface area contributed by atoms with Gasteiger partial charge in [-0.25, -0.2) is 27.2 Å². The number of imidazole rings is 1. The molecular weight excluding hydrogens is 582 g/mol. The van der Waals surface area contributed by atoms with Crippen LogP contribution < -0.4 is 9.46 Å². The summed E-state index contributed by atoms with van der Waals surface area (Å²) in [5, 5.41) is 8.38. The predicted octanol–water partition coefficient (Wildman–Crippen LogP) is 3.32. The van der Waals surface area contributed by atoms with E-state index in [1.165, 1.54) is 19.4 Å². The van der Waals surface area contributed by atoms with Crippen molar-refractivity contribution in [2.45, 2.75) is 11.3 Å². The molecule has 0 radical (unpaired) electrons. The molecule has 0 atom stereocenters. The molecule has 0 amide bonds. The maximum atomic E-state index is 14.2. The predicted molar refractivity (Wildman–Crippen MR) is 153 cm³/mol. The number of hydrogen-bond donors (Lipinski definition) is 1. The number of likely N-dealkylation sites (N-methyl/N-ethyl adjacent to an activating group) is 1. The second kappa shape index (κ2) is 11.7. The van der Waals surface area contributed by atoms with E-state index in [0.717, 1.165) is 44.9 Å². The number of halogens is 2. The van der Waals surface area contributed by atoms with Crippen molar-refractivity contribution in [2.75, 3.05) is 51.6 Å². The molecule has 1 fully saturated rings. The van der Waals surface area contributed by atoms with E-state index in [1.54, 1.807) is 28.9 Å². The van der Waals surface area contributed by atoms with Crippen molar-refractivity contribution >= 4 is 21.4 Å². The van der Waals surface area contributed by atoms with Gasteiger partial charge < -0.3 is 23.4 Å². The highest BCUT2D eigenvalue weighted by atomic mass is 32.2. The van der Waals surface area contributed by atoms with Gasteiger partial charge in [-0.2, -0.15) is 0 Å². The van der Waals surface area contributed by atoms with Gasteiger partial charge >= 0.3 is 0 Å². The minimum atomic E-state index is -4.42. The Kier molecular flexibility index (Phi) is 7.77. The fourth-order valence-electron chi connectivity index (χ4n) is 4.79. The second-order valence-corrected chi connectivity index (χ2v) is 11.8. The molecule has 43 heavy (non-hydrogen) atoms. The number of fused-ring (bicyclic) bond motifs is 1. The quantitative estimate of drug-likeness (QED) is 0.265. The highest BCUT2D eigenvalue weighted by Crippen LogP contribution is 2.31. The van der Waals surface area contributed by atoms with Crippen LogP contribution in [0.25, 0.3) is 28.4 Å². The van der Waals surface area contributed by atoms with Crippen molar-refractivity contribution in [3.63, 3.8) is 0 Å². The Balaban J connectivity index is 1.22. The highest BCUT2D eigenvalue weighted by molar-refractivity contribution is 7.92. The van der Waals surface area contributed by atoms with Crippen LogP contribution in [0.4, 0.5) is 14.5 Å². The number of pyridine rings is 2. The summed E-state index contributed by atoms with van der Waals surface area (Å²) in [5.41, 5.74) is 2.34. The third-order valence-corrected chi connectivity index (χ3v) is 8.58. The Morgan fingerprint density at radius 1 is 1.02 bits per heavy atom. The molecule has 6 rings (SSSR count). The third-order valence-electron chi connectivity index (χ3n) is 7.18. The molecule has 1 aromatic carbocycles. The fraction of sp³-hybridized carbons (Fsp3) is 0.286. The number of sulfonamides is 1. The van der Waals surface area contributed by atoms with Crippen LogP contribution >= 0.6 is 0 Å². The monoisotopic (exact) mass is 610 g/mol. The van der Waals surface area contributed by atoms with E-state index < -0.39 is 26.6 Å². The van der Waals surface area contributed by atoms with E-state index in [-0.39, 0.29) is 11.6 Å². The lowest BCUT2D eigenvalue weighted by Crippen LogP contribution is -2.45. The summed E-state index contributed by atoms with van der Waals surface area (Å²) >= 11 is 0. The lowest BCUT2D eigenvalue weighted by atomic mass is 10.1. The first-order valence-corrected chi connectivity index (χ1v) is 14.9. The van der Waals surface area contributed by atoms with Crippen LogP contribution in [0.2, 0.25) is 0 Å². The first-order chi connectivity index (χ1) is 20.7. The number of aromatic nitrogens is 5. The molecule has 12 nitrogen and oxygen atoms in total. The largest absolute Gasteiger partial charge is 0.480 e. The van der Waals surface area contributed by atoms with E-state index in [9.17, 15) is 17.2 Å². The molecular formula is C28H28F2N8O4S. The lowest BCUT2D eigenvalue weighted by molar-refractivity contribution is 0.153. The Bertz CT molecular complexity index is 1890. The minimum absolute atomic E-state index is 0.0231. The number of methoxy groups -OCH3 is 1. The Morgan fingerprint density at radius 3 is 2.60 bits per heavy atom. The average Bonchev–Trinajstić information content (AvgIpc) is 3.63. The van der Waals surface area contributed by atoms with Gasteiger partial charge in [0, 0.05) is 74.9 Å². The van der Waals surface area contributed by atoms with Gasteiger partial charge in [-0.05, 0) is 37.4 Å². The molecule has 1 aliphatic heterocycles. The van der Waals surface area contributed by atoms with Crippen LogP contribution in [-0.4, -0.2) is 89.7 Å². The molecule has 5 heterocycles. The average molecular weight is 611 g/mol. The third kappa shape index (κ3) is 6.18. The van der Waals surface area contributed by atoms with Crippen LogP contribution in [0.15, 0.2) is 64.3 Å². The number of anilines is 1. The topological polar surface area (TPSA) is 131 Å². The van der Waals surface area contributed by atoms with E-state index in [1.807, 2.05) is 0 Å². The number of benzene rings is 1. The van der Waals surface area contributed by atoms with Gasteiger partial charge in [0.2, 0.25) is 11.8 Å². The summed E-state index contributed by atoms with van der Waals surface area (Å²) in [7, 11) is -0.973. The summed E-state index contributed by atoms with van der Waals surface area (Å²) in [6, 6.07) is 7.30. The number of hydrogen-bond acceptors (Lipinski definition) is 10. The van der Waals surface area contributed by atoms with E-state index in [2.05, 4.69) is 41.7 Å². The van der Waals surface area contributed by atoms with Crippen molar-refractivity contribution in [3.05, 3.63) is 72.5 Å². The molecule has 5 aromatic rings. The van der Waals surface area contributed by atoms with Gasteiger partial charge in [-0.3, -0.25) is 4.72 Å². The van der Waals surface area contributed by atoms with Crippen molar-refractivity contribution in [1.82, 2.24) is 34.4 Å². The number of rotatable bonds is 9. The zero-order chi connectivity index (χ0) is 30.1. The van der Waals surface area contributed by atoms with Crippen molar-refractivity contribution in [1.29, 1.82) is 0 Å². The number of nitrogens with zero attached hydrogens (tertiary/aromatic N) is 7. The normalized spacial score (nSPS) is 14.8. The summed E-state index contributed by atoms with van der Waals surface area (Å²) in [6.07, 6.45) is 5.71. The molecule has 0 spiro atoms. The first-order valence-electron chi connectivity index (χ1n) is 13.4. The molecule has 0 saturated carbocycles.